The first-order valence-electron chi connectivity index (χ1n) is 4.68. The normalized spacial score (nSPS) is 16.3. The Labute approximate surface area is 86.1 Å². The van der Waals surface area contributed by atoms with Gasteiger partial charge in [-0.3, -0.25) is 4.79 Å². The van der Waals surface area contributed by atoms with Crippen LogP contribution in [-0.4, -0.2) is 29.6 Å². The number of rotatable bonds is 6. The van der Waals surface area contributed by atoms with Gasteiger partial charge in [-0.05, 0) is 24.3 Å². The van der Waals surface area contributed by atoms with Crippen molar-refractivity contribution in [3.63, 3.8) is 0 Å². The van der Waals surface area contributed by atoms with Crippen molar-refractivity contribution < 1.29 is 14.7 Å². The topological polar surface area (TPSA) is 115 Å². The average Bonchev–Trinajstić information content (AvgIpc) is 2.97. The first kappa shape index (κ1) is 11.3. The molecule has 15 heavy (non-hydrogen) atoms. The molecule has 1 rings (SSSR count). The molecule has 1 atom stereocenters. The SMILES string of the molecule is [N-]=[N+]=NCCC(=O)NC(C(=O)O)C1CC1. The molecular weight excluding hydrogens is 200 g/mol. The molecule has 0 aromatic heterocycles. The summed E-state index contributed by atoms with van der Waals surface area (Å²) in [7, 11) is 0. The smallest absolute Gasteiger partial charge is 0.326 e. The van der Waals surface area contributed by atoms with E-state index in [2.05, 4.69) is 15.3 Å². The molecule has 2 N–H and O–H groups in total. The van der Waals surface area contributed by atoms with Crippen LogP contribution in [0.4, 0.5) is 0 Å². The Kier molecular flexibility index (Phi) is 3.93. The second kappa shape index (κ2) is 5.21. The lowest BCUT2D eigenvalue weighted by Gasteiger charge is -2.12. The van der Waals surface area contributed by atoms with Gasteiger partial charge in [0.2, 0.25) is 5.91 Å². The van der Waals surface area contributed by atoms with Crippen LogP contribution in [0.25, 0.3) is 10.4 Å². The van der Waals surface area contributed by atoms with Crippen molar-refractivity contribution in [1.82, 2.24) is 5.32 Å². The van der Waals surface area contributed by atoms with Crippen molar-refractivity contribution in [2.24, 2.45) is 11.0 Å². The maximum absolute atomic E-state index is 11.2. The van der Waals surface area contributed by atoms with Gasteiger partial charge in [-0.15, -0.1) is 0 Å². The maximum atomic E-state index is 11.2. The Balaban J connectivity index is 2.33. The third-order valence-corrected chi connectivity index (χ3v) is 2.18. The van der Waals surface area contributed by atoms with Gasteiger partial charge < -0.3 is 10.4 Å². The van der Waals surface area contributed by atoms with Gasteiger partial charge >= 0.3 is 5.97 Å². The van der Waals surface area contributed by atoms with Crippen LogP contribution in [0, 0.1) is 5.92 Å². The number of nitrogens with zero attached hydrogens (tertiary/aromatic N) is 3. The quantitative estimate of drug-likeness (QED) is 0.383. The molecule has 82 valence electrons. The molecule has 0 radical (unpaired) electrons. The Hall–Kier alpha value is -1.75. The molecule has 0 aromatic rings. The van der Waals surface area contributed by atoms with Crippen molar-refractivity contribution in [2.45, 2.75) is 25.3 Å². The molecule has 0 bridgehead atoms. The fourth-order valence-corrected chi connectivity index (χ4v) is 1.25. The summed E-state index contributed by atoms with van der Waals surface area (Å²) < 4.78 is 0. The minimum atomic E-state index is -1.00. The number of amides is 1. The van der Waals surface area contributed by atoms with Gasteiger partial charge in [0.1, 0.15) is 6.04 Å². The van der Waals surface area contributed by atoms with Crippen LogP contribution in [0.3, 0.4) is 0 Å². The lowest BCUT2D eigenvalue weighted by Crippen LogP contribution is -2.42. The number of hydrogen-bond donors (Lipinski definition) is 2. The molecule has 1 fully saturated rings. The highest BCUT2D eigenvalue weighted by atomic mass is 16.4. The zero-order valence-corrected chi connectivity index (χ0v) is 8.09. The van der Waals surface area contributed by atoms with Crippen LogP contribution in [0.1, 0.15) is 19.3 Å². The predicted molar refractivity (Wildman–Crippen MR) is 50.9 cm³/mol. The first-order chi connectivity index (χ1) is 7.15. The van der Waals surface area contributed by atoms with Crippen molar-refractivity contribution in [1.29, 1.82) is 0 Å². The van der Waals surface area contributed by atoms with E-state index in [9.17, 15) is 9.59 Å². The number of azide groups is 1. The number of nitrogens with one attached hydrogen (secondary N) is 1. The standard InChI is InChI=1S/C8H12N4O3/c9-12-10-4-3-6(13)11-7(8(14)15)5-1-2-5/h5,7H,1-4H2,(H,11,13)(H,14,15). The first-order valence-corrected chi connectivity index (χ1v) is 4.68. The lowest BCUT2D eigenvalue weighted by atomic mass is 10.2. The fraction of sp³-hybridized carbons (Fsp3) is 0.750. The highest BCUT2D eigenvalue weighted by molar-refractivity contribution is 5.84. The van der Waals surface area contributed by atoms with Gasteiger partial charge in [0, 0.05) is 17.9 Å². The second-order valence-electron chi connectivity index (χ2n) is 3.43. The third kappa shape index (κ3) is 3.86. The third-order valence-electron chi connectivity index (χ3n) is 2.18. The molecule has 1 unspecified atom stereocenters. The van der Waals surface area contributed by atoms with Crippen molar-refractivity contribution in [3.8, 4) is 0 Å². The van der Waals surface area contributed by atoms with Gasteiger partial charge in [-0.25, -0.2) is 4.79 Å². The summed E-state index contributed by atoms with van der Waals surface area (Å²) in [4.78, 5) is 24.5. The molecular formula is C8H12N4O3. The van der Waals surface area contributed by atoms with E-state index in [0.29, 0.717) is 0 Å². The van der Waals surface area contributed by atoms with E-state index < -0.39 is 12.0 Å². The zero-order valence-electron chi connectivity index (χ0n) is 8.09. The Morgan fingerprint density at radius 3 is 2.73 bits per heavy atom. The highest BCUT2D eigenvalue weighted by Gasteiger charge is 2.36. The molecule has 7 heteroatoms. The lowest BCUT2D eigenvalue weighted by molar-refractivity contribution is -0.142. The largest absolute Gasteiger partial charge is 0.480 e. The fourth-order valence-electron chi connectivity index (χ4n) is 1.25. The maximum Gasteiger partial charge on any atom is 0.326 e. The predicted octanol–water partition coefficient (Wildman–Crippen LogP) is 0.666. The van der Waals surface area contributed by atoms with Crippen LogP contribution >= 0.6 is 0 Å². The number of carbonyl (C=O) groups is 2. The summed E-state index contributed by atoms with van der Waals surface area (Å²) in [5, 5.41) is 14.4. The van der Waals surface area contributed by atoms with E-state index in [1.54, 1.807) is 0 Å². The minimum absolute atomic E-state index is 0.0283. The molecule has 0 aromatic carbocycles. The van der Waals surface area contributed by atoms with Crippen LogP contribution in [0.5, 0.6) is 0 Å². The number of carboxylic acids is 1. The van der Waals surface area contributed by atoms with Gasteiger partial charge in [0.15, 0.2) is 0 Å². The van der Waals surface area contributed by atoms with Gasteiger partial charge in [-0.1, -0.05) is 5.11 Å². The molecule has 0 saturated heterocycles. The van der Waals surface area contributed by atoms with Crippen molar-refractivity contribution >= 4 is 11.9 Å². The summed E-state index contributed by atoms with van der Waals surface area (Å²) in [6, 6.07) is -0.788. The molecule has 0 aliphatic heterocycles. The molecule has 1 amide bonds. The summed E-state index contributed by atoms with van der Waals surface area (Å²) in [6.45, 7) is 0.0549. The monoisotopic (exact) mass is 212 g/mol. The van der Waals surface area contributed by atoms with Crippen LogP contribution < -0.4 is 5.32 Å². The van der Waals surface area contributed by atoms with E-state index in [-0.39, 0.29) is 24.8 Å². The van der Waals surface area contributed by atoms with E-state index in [1.807, 2.05) is 0 Å². The van der Waals surface area contributed by atoms with Gasteiger partial charge in [0.25, 0.3) is 0 Å². The number of aliphatic carboxylic acids is 1. The summed E-state index contributed by atoms with van der Waals surface area (Å²) in [6.07, 6.45) is 1.71. The summed E-state index contributed by atoms with van der Waals surface area (Å²) in [5.74, 6) is -1.33. The van der Waals surface area contributed by atoms with Crippen LogP contribution in [-0.2, 0) is 9.59 Å². The average molecular weight is 212 g/mol. The highest BCUT2D eigenvalue weighted by Crippen LogP contribution is 2.32. The molecule has 0 spiro atoms. The van der Waals surface area contributed by atoms with E-state index in [1.165, 1.54) is 0 Å². The van der Waals surface area contributed by atoms with Gasteiger partial charge in [-0.2, -0.15) is 0 Å². The second-order valence-corrected chi connectivity index (χ2v) is 3.43. The van der Waals surface area contributed by atoms with Crippen LogP contribution in [0.2, 0.25) is 0 Å². The molecule has 1 saturated carbocycles. The van der Waals surface area contributed by atoms with Crippen molar-refractivity contribution in [2.75, 3.05) is 6.54 Å². The molecule has 1 aliphatic carbocycles. The summed E-state index contributed by atoms with van der Waals surface area (Å²) >= 11 is 0. The number of hydrogen-bond acceptors (Lipinski definition) is 3. The van der Waals surface area contributed by atoms with E-state index in [0.717, 1.165) is 12.8 Å². The van der Waals surface area contributed by atoms with Gasteiger partial charge in [0.05, 0.1) is 0 Å². The van der Waals surface area contributed by atoms with E-state index >= 15 is 0 Å². The zero-order chi connectivity index (χ0) is 11.3. The van der Waals surface area contributed by atoms with Crippen LogP contribution in [0.15, 0.2) is 5.11 Å². The Bertz CT molecular complexity index is 307. The Morgan fingerprint density at radius 1 is 1.60 bits per heavy atom. The molecule has 7 nitrogen and oxygen atoms in total. The van der Waals surface area contributed by atoms with Crippen molar-refractivity contribution in [3.05, 3.63) is 10.4 Å². The summed E-state index contributed by atoms with van der Waals surface area (Å²) in [5.41, 5.74) is 7.98. The van der Waals surface area contributed by atoms with E-state index in [4.69, 9.17) is 10.6 Å². The number of carbonyl (C=O) groups excluding carboxylic acids is 1. The minimum Gasteiger partial charge on any atom is -0.480 e. The Morgan fingerprint density at radius 2 is 2.27 bits per heavy atom. The number of carboxylic acid groups (broad SMARTS) is 1. The molecule has 1 aliphatic rings. The molecule has 0 heterocycles.